The fourth-order valence-electron chi connectivity index (χ4n) is 2.10. The van der Waals surface area contributed by atoms with Gasteiger partial charge in [-0.15, -0.1) is 11.3 Å². The smallest absolute Gasteiger partial charge is 0.253 e. The molecule has 0 saturated heterocycles. The van der Waals surface area contributed by atoms with Crippen LogP contribution >= 0.6 is 11.3 Å². The Balaban J connectivity index is 2.12. The van der Waals surface area contributed by atoms with E-state index < -0.39 is 10.8 Å². The van der Waals surface area contributed by atoms with E-state index in [1.165, 1.54) is 10.4 Å². The fraction of sp³-hybridized carbons (Fsp3) is 0.312. The van der Waals surface area contributed by atoms with Crippen molar-refractivity contribution < 1.29 is 9.00 Å². The summed E-state index contributed by atoms with van der Waals surface area (Å²) in [7, 11) is 0.910. The summed E-state index contributed by atoms with van der Waals surface area (Å²) in [4.78, 5) is 15.4. The van der Waals surface area contributed by atoms with Gasteiger partial charge < -0.3 is 4.90 Å². The lowest BCUT2D eigenvalue weighted by Gasteiger charge is -2.17. The van der Waals surface area contributed by atoms with E-state index in [-0.39, 0.29) is 5.91 Å². The zero-order valence-corrected chi connectivity index (χ0v) is 14.1. The SMILES string of the molecule is Cc1ccsc1CN(C)C(=O)c1cccc(CS(C)=O)c1. The van der Waals surface area contributed by atoms with Gasteiger partial charge in [-0.2, -0.15) is 0 Å². The number of rotatable bonds is 5. The van der Waals surface area contributed by atoms with Crippen molar-refractivity contribution in [3.63, 3.8) is 0 Å². The minimum atomic E-state index is -0.901. The van der Waals surface area contributed by atoms with E-state index >= 15 is 0 Å². The maximum atomic E-state index is 12.5. The Morgan fingerprint density at radius 1 is 1.33 bits per heavy atom. The highest BCUT2D eigenvalue weighted by molar-refractivity contribution is 7.83. The number of nitrogens with zero attached hydrogens (tertiary/aromatic N) is 1. The van der Waals surface area contributed by atoms with Crippen molar-refractivity contribution in [1.82, 2.24) is 4.90 Å². The summed E-state index contributed by atoms with van der Waals surface area (Å²) >= 11 is 1.67. The minimum Gasteiger partial charge on any atom is -0.337 e. The summed E-state index contributed by atoms with van der Waals surface area (Å²) in [5, 5.41) is 2.04. The van der Waals surface area contributed by atoms with Gasteiger partial charge in [0.15, 0.2) is 0 Å². The first kappa shape index (κ1) is 15.9. The molecular formula is C16H19NO2S2. The Hall–Kier alpha value is -1.46. The lowest BCUT2D eigenvalue weighted by Crippen LogP contribution is -2.26. The van der Waals surface area contributed by atoms with E-state index in [1.54, 1.807) is 22.5 Å². The van der Waals surface area contributed by atoms with Gasteiger partial charge >= 0.3 is 0 Å². The van der Waals surface area contributed by atoms with Gasteiger partial charge in [-0.3, -0.25) is 9.00 Å². The van der Waals surface area contributed by atoms with Crippen molar-refractivity contribution in [2.75, 3.05) is 13.3 Å². The first-order chi connectivity index (χ1) is 9.97. The van der Waals surface area contributed by atoms with Crippen LogP contribution in [0.25, 0.3) is 0 Å². The van der Waals surface area contributed by atoms with Crippen molar-refractivity contribution in [2.45, 2.75) is 19.2 Å². The predicted octanol–water partition coefficient (Wildman–Crippen LogP) is 3.21. The number of amides is 1. The Labute approximate surface area is 132 Å². The Morgan fingerprint density at radius 2 is 2.10 bits per heavy atom. The molecular weight excluding hydrogens is 302 g/mol. The van der Waals surface area contributed by atoms with Crippen LogP contribution in [-0.4, -0.2) is 28.3 Å². The number of thiophene rings is 1. The molecule has 0 bridgehead atoms. The number of carbonyl (C=O) groups excluding carboxylic acids is 1. The highest BCUT2D eigenvalue weighted by Crippen LogP contribution is 2.18. The van der Waals surface area contributed by atoms with Crippen LogP contribution in [0.4, 0.5) is 0 Å². The van der Waals surface area contributed by atoms with Gasteiger partial charge in [-0.1, -0.05) is 12.1 Å². The quantitative estimate of drug-likeness (QED) is 0.848. The second kappa shape index (κ2) is 7.00. The summed E-state index contributed by atoms with van der Waals surface area (Å²) in [6.07, 6.45) is 1.67. The summed E-state index contributed by atoms with van der Waals surface area (Å²) < 4.78 is 11.3. The van der Waals surface area contributed by atoms with Gasteiger partial charge in [0, 0.05) is 40.3 Å². The topological polar surface area (TPSA) is 37.4 Å². The molecule has 0 radical (unpaired) electrons. The van der Waals surface area contributed by atoms with E-state index in [1.807, 2.05) is 36.7 Å². The summed E-state index contributed by atoms with van der Waals surface area (Å²) in [6, 6.07) is 9.46. The van der Waals surface area contributed by atoms with Gasteiger partial charge in [0.25, 0.3) is 5.91 Å². The summed E-state index contributed by atoms with van der Waals surface area (Å²) in [5.41, 5.74) is 2.80. The third kappa shape index (κ3) is 4.25. The van der Waals surface area contributed by atoms with Crippen LogP contribution in [0, 0.1) is 6.92 Å². The molecule has 0 aliphatic heterocycles. The van der Waals surface area contributed by atoms with Crippen LogP contribution in [-0.2, 0) is 23.1 Å². The Morgan fingerprint density at radius 3 is 2.71 bits per heavy atom. The molecule has 0 fully saturated rings. The molecule has 1 aromatic heterocycles. The number of carbonyl (C=O) groups is 1. The third-order valence-corrected chi connectivity index (χ3v) is 4.99. The molecule has 0 aliphatic carbocycles. The molecule has 2 rings (SSSR count). The third-order valence-electron chi connectivity index (χ3n) is 3.24. The molecule has 5 heteroatoms. The molecule has 1 atom stereocenters. The van der Waals surface area contributed by atoms with Crippen LogP contribution in [0.1, 0.15) is 26.4 Å². The van der Waals surface area contributed by atoms with E-state index in [9.17, 15) is 9.00 Å². The molecule has 112 valence electrons. The van der Waals surface area contributed by atoms with Gasteiger partial charge in [-0.25, -0.2) is 0 Å². The maximum absolute atomic E-state index is 12.5. The molecule has 3 nitrogen and oxygen atoms in total. The number of aryl methyl sites for hydroxylation is 1. The molecule has 1 aromatic carbocycles. The number of hydrogen-bond donors (Lipinski definition) is 0. The van der Waals surface area contributed by atoms with Gasteiger partial charge in [-0.05, 0) is 41.6 Å². The van der Waals surface area contributed by atoms with Crippen molar-refractivity contribution in [3.05, 3.63) is 57.3 Å². The number of hydrogen-bond acceptors (Lipinski definition) is 3. The largest absolute Gasteiger partial charge is 0.337 e. The average Bonchev–Trinajstić information content (AvgIpc) is 2.83. The monoisotopic (exact) mass is 321 g/mol. The van der Waals surface area contributed by atoms with E-state index in [2.05, 4.69) is 13.0 Å². The molecule has 1 heterocycles. The first-order valence-corrected chi connectivity index (χ1v) is 9.25. The second-order valence-electron chi connectivity index (χ2n) is 5.11. The molecule has 1 amide bonds. The lowest BCUT2D eigenvalue weighted by atomic mass is 10.1. The van der Waals surface area contributed by atoms with Crippen LogP contribution in [0.2, 0.25) is 0 Å². The zero-order valence-electron chi connectivity index (χ0n) is 12.5. The standard InChI is InChI=1S/C16H19NO2S2/c1-12-7-8-20-15(12)10-17(2)16(18)14-6-4-5-13(9-14)11-21(3)19/h4-9H,10-11H2,1-3H3. The summed E-state index contributed by atoms with van der Waals surface area (Å²) in [5.74, 6) is 0.473. The second-order valence-corrected chi connectivity index (χ2v) is 7.54. The maximum Gasteiger partial charge on any atom is 0.253 e. The Kier molecular flexibility index (Phi) is 5.31. The minimum absolute atomic E-state index is 0.00784. The average molecular weight is 321 g/mol. The van der Waals surface area contributed by atoms with Crippen molar-refractivity contribution in [3.8, 4) is 0 Å². The normalized spacial score (nSPS) is 12.1. The van der Waals surface area contributed by atoms with Crippen molar-refractivity contribution in [2.24, 2.45) is 0 Å². The van der Waals surface area contributed by atoms with Crippen LogP contribution in [0.5, 0.6) is 0 Å². The molecule has 0 saturated carbocycles. The summed E-state index contributed by atoms with van der Waals surface area (Å²) in [6.45, 7) is 2.67. The van der Waals surface area contributed by atoms with Gasteiger partial charge in [0.05, 0.1) is 6.54 Å². The highest BCUT2D eigenvalue weighted by atomic mass is 32.2. The van der Waals surface area contributed by atoms with E-state index in [4.69, 9.17) is 0 Å². The van der Waals surface area contributed by atoms with Crippen LogP contribution in [0.3, 0.4) is 0 Å². The molecule has 0 spiro atoms. The predicted molar refractivity (Wildman–Crippen MR) is 89.1 cm³/mol. The zero-order chi connectivity index (χ0) is 15.4. The van der Waals surface area contributed by atoms with E-state index in [0.29, 0.717) is 17.9 Å². The van der Waals surface area contributed by atoms with Gasteiger partial charge in [0.2, 0.25) is 0 Å². The molecule has 0 N–H and O–H groups in total. The van der Waals surface area contributed by atoms with Crippen molar-refractivity contribution >= 4 is 28.0 Å². The van der Waals surface area contributed by atoms with Gasteiger partial charge in [0.1, 0.15) is 0 Å². The van der Waals surface area contributed by atoms with Crippen LogP contribution in [0.15, 0.2) is 35.7 Å². The number of benzene rings is 1. The molecule has 1 unspecified atom stereocenters. The first-order valence-electron chi connectivity index (χ1n) is 6.65. The van der Waals surface area contributed by atoms with E-state index in [0.717, 1.165) is 5.56 Å². The fourth-order valence-corrected chi connectivity index (χ4v) is 3.71. The Bertz CT molecular complexity index is 664. The molecule has 0 aliphatic rings. The van der Waals surface area contributed by atoms with Crippen molar-refractivity contribution in [1.29, 1.82) is 0 Å². The lowest BCUT2D eigenvalue weighted by molar-refractivity contribution is 0.0786. The van der Waals surface area contributed by atoms with Crippen LogP contribution < -0.4 is 0 Å². The molecule has 2 aromatic rings. The molecule has 21 heavy (non-hydrogen) atoms. The highest BCUT2D eigenvalue weighted by Gasteiger charge is 2.14.